The Morgan fingerprint density at radius 2 is 2.27 bits per heavy atom. The van der Waals surface area contributed by atoms with Crippen molar-refractivity contribution < 1.29 is 4.74 Å². The highest BCUT2D eigenvalue weighted by molar-refractivity contribution is 5.45. The summed E-state index contributed by atoms with van der Waals surface area (Å²) < 4.78 is 7.27. The van der Waals surface area contributed by atoms with Crippen molar-refractivity contribution in [2.75, 3.05) is 11.9 Å². The third kappa shape index (κ3) is 2.53. The predicted octanol–water partition coefficient (Wildman–Crippen LogP) is 1.53. The van der Waals surface area contributed by atoms with Crippen LogP contribution in [0.15, 0.2) is 35.1 Å². The summed E-state index contributed by atoms with van der Waals surface area (Å²) in [6.45, 7) is 2.97. The molecule has 0 spiro atoms. The van der Waals surface area contributed by atoms with Gasteiger partial charge in [-0.2, -0.15) is 10.2 Å². The standard InChI is InChI=1S/C16H16N4O2/c1-11-9-20-15(19(11)2)7-14(18-16(20)21)22-10-13-5-3-4-12(6-13)8-17/h3-7,11H,9-10H2,1-2H3/t11-/m0/s1. The first-order valence-corrected chi connectivity index (χ1v) is 7.05. The van der Waals surface area contributed by atoms with E-state index in [1.54, 1.807) is 28.8 Å². The van der Waals surface area contributed by atoms with Crippen LogP contribution in [0.4, 0.5) is 5.82 Å². The second-order valence-corrected chi connectivity index (χ2v) is 5.41. The van der Waals surface area contributed by atoms with Crippen molar-refractivity contribution in [3.63, 3.8) is 0 Å². The molecule has 0 aliphatic carbocycles. The van der Waals surface area contributed by atoms with E-state index in [9.17, 15) is 4.79 Å². The number of likely N-dealkylation sites (N-methyl/N-ethyl adjacent to an activating group) is 1. The summed E-state index contributed by atoms with van der Waals surface area (Å²) in [5, 5.41) is 8.89. The van der Waals surface area contributed by atoms with Gasteiger partial charge in [0.25, 0.3) is 0 Å². The van der Waals surface area contributed by atoms with E-state index >= 15 is 0 Å². The number of rotatable bonds is 3. The minimum absolute atomic E-state index is 0.261. The fraction of sp³-hybridized carbons (Fsp3) is 0.312. The quantitative estimate of drug-likeness (QED) is 0.859. The monoisotopic (exact) mass is 296 g/mol. The number of hydrogen-bond acceptors (Lipinski definition) is 5. The number of ether oxygens (including phenoxy) is 1. The molecule has 1 aromatic carbocycles. The number of aromatic nitrogens is 2. The van der Waals surface area contributed by atoms with Crippen LogP contribution in [0.25, 0.3) is 0 Å². The van der Waals surface area contributed by atoms with E-state index in [1.165, 1.54) is 0 Å². The minimum atomic E-state index is -0.297. The van der Waals surface area contributed by atoms with Gasteiger partial charge < -0.3 is 9.64 Å². The third-order valence-electron chi connectivity index (χ3n) is 3.88. The summed E-state index contributed by atoms with van der Waals surface area (Å²) in [7, 11) is 1.95. The maximum absolute atomic E-state index is 12.0. The van der Waals surface area contributed by atoms with Gasteiger partial charge in [0.2, 0.25) is 5.88 Å². The number of benzene rings is 1. The lowest BCUT2D eigenvalue weighted by molar-refractivity contribution is 0.291. The number of fused-ring (bicyclic) bond motifs is 1. The van der Waals surface area contributed by atoms with Gasteiger partial charge in [-0.05, 0) is 24.6 Å². The zero-order chi connectivity index (χ0) is 15.7. The van der Waals surface area contributed by atoms with E-state index in [-0.39, 0.29) is 18.3 Å². The summed E-state index contributed by atoms with van der Waals surface area (Å²) >= 11 is 0. The molecule has 0 saturated heterocycles. The van der Waals surface area contributed by atoms with Gasteiger partial charge in [0.1, 0.15) is 12.4 Å². The minimum Gasteiger partial charge on any atom is -0.473 e. The molecule has 22 heavy (non-hydrogen) atoms. The van der Waals surface area contributed by atoms with Gasteiger partial charge in [0.15, 0.2) is 0 Å². The Labute approximate surface area is 128 Å². The predicted molar refractivity (Wildman–Crippen MR) is 81.9 cm³/mol. The molecule has 1 atom stereocenters. The molecule has 6 nitrogen and oxygen atoms in total. The summed E-state index contributed by atoms with van der Waals surface area (Å²) in [6, 6.07) is 11.3. The number of nitriles is 1. The van der Waals surface area contributed by atoms with Gasteiger partial charge in [0.05, 0.1) is 11.6 Å². The molecule has 2 heterocycles. The van der Waals surface area contributed by atoms with Gasteiger partial charge in [-0.25, -0.2) is 4.79 Å². The van der Waals surface area contributed by atoms with E-state index in [0.29, 0.717) is 18.0 Å². The van der Waals surface area contributed by atoms with Crippen LogP contribution in [0.3, 0.4) is 0 Å². The SMILES string of the molecule is C[C@H]1Cn2c(cc(OCc3cccc(C#N)c3)nc2=O)N1C. The van der Waals surface area contributed by atoms with Crippen LogP contribution in [-0.4, -0.2) is 22.6 Å². The van der Waals surface area contributed by atoms with Crippen molar-refractivity contribution in [3.05, 3.63) is 51.9 Å². The van der Waals surface area contributed by atoms with Crippen LogP contribution < -0.4 is 15.3 Å². The summed E-state index contributed by atoms with van der Waals surface area (Å²) in [6.07, 6.45) is 0. The largest absolute Gasteiger partial charge is 0.473 e. The molecule has 112 valence electrons. The second kappa shape index (κ2) is 5.53. The summed E-state index contributed by atoms with van der Waals surface area (Å²) in [5.74, 6) is 1.12. The Morgan fingerprint density at radius 3 is 3.05 bits per heavy atom. The van der Waals surface area contributed by atoms with Gasteiger partial charge in [-0.3, -0.25) is 4.57 Å². The first-order chi connectivity index (χ1) is 10.6. The highest BCUT2D eigenvalue weighted by Gasteiger charge is 2.25. The first-order valence-electron chi connectivity index (χ1n) is 7.05. The molecule has 1 aliphatic heterocycles. The highest BCUT2D eigenvalue weighted by atomic mass is 16.5. The molecule has 0 bridgehead atoms. The molecular weight excluding hydrogens is 280 g/mol. The zero-order valence-corrected chi connectivity index (χ0v) is 12.5. The van der Waals surface area contributed by atoms with Crippen molar-refractivity contribution in [2.45, 2.75) is 26.1 Å². The maximum Gasteiger partial charge on any atom is 0.352 e. The lowest BCUT2D eigenvalue weighted by Gasteiger charge is -2.16. The third-order valence-corrected chi connectivity index (χ3v) is 3.88. The summed E-state index contributed by atoms with van der Waals surface area (Å²) in [4.78, 5) is 18.0. The van der Waals surface area contributed by atoms with Crippen LogP contribution in [0, 0.1) is 11.3 Å². The van der Waals surface area contributed by atoms with E-state index in [0.717, 1.165) is 11.4 Å². The number of hydrogen-bond donors (Lipinski definition) is 0. The van der Waals surface area contributed by atoms with E-state index in [2.05, 4.69) is 18.0 Å². The van der Waals surface area contributed by atoms with Crippen LogP contribution in [0.1, 0.15) is 18.1 Å². The Balaban J connectivity index is 1.81. The van der Waals surface area contributed by atoms with Crippen LogP contribution >= 0.6 is 0 Å². The lowest BCUT2D eigenvalue weighted by Crippen LogP contribution is -2.23. The maximum atomic E-state index is 12.0. The number of anilines is 1. The normalized spacial score (nSPS) is 16.2. The molecule has 0 unspecified atom stereocenters. The molecule has 0 radical (unpaired) electrons. The van der Waals surface area contributed by atoms with Crippen molar-refractivity contribution in [2.24, 2.45) is 0 Å². The summed E-state index contributed by atoms with van der Waals surface area (Å²) in [5.41, 5.74) is 1.15. The molecule has 3 rings (SSSR count). The Hall–Kier alpha value is -2.81. The van der Waals surface area contributed by atoms with E-state index in [1.807, 2.05) is 18.0 Å². The average molecular weight is 296 g/mol. The van der Waals surface area contributed by atoms with Gasteiger partial charge >= 0.3 is 5.69 Å². The van der Waals surface area contributed by atoms with Crippen molar-refractivity contribution in [3.8, 4) is 11.9 Å². The fourth-order valence-electron chi connectivity index (χ4n) is 2.51. The van der Waals surface area contributed by atoms with E-state index in [4.69, 9.17) is 10.00 Å². The van der Waals surface area contributed by atoms with Crippen LogP contribution in [-0.2, 0) is 13.2 Å². The highest BCUT2D eigenvalue weighted by Crippen LogP contribution is 2.24. The molecular formula is C16H16N4O2. The van der Waals surface area contributed by atoms with Crippen LogP contribution in [0.2, 0.25) is 0 Å². The lowest BCUT2D eigenvalue weighted by atomic mass is 10.1. The Morgan fingerprint density at radius 1 is 1.45 bits per heavy atom. The van der Waals surface area contributed by atoms with Crippen molar-refractivity contribution >= 4 is 5.82 Å². The van der Waals surface area contributed by atoms with Crippen LogP contribution in [0.5, 0.6) is 5.88 Å². The molecule has 0 N–H and O–H groups in total. The average Bonchev–Trinajstić information content (AvgIpc) is 2.82. The van der Waals surface area contributed by atoms with Crippen molar-refractivity contribution in [1.82, 2.24) is 9.55 Å². The van der Waals surface area contributed by atoms with E-state index < -0.39 is 0 Å². The molecule has 1 aromatic heterocycles. The Kier molecular flexibility index (Phi) is 3.55. The van der Waals surface area contributed by atoms with Gasteiger partial charge in [-0.15, -0.1) is 0 Å². The molecule has 2 aromatic rings. The molecule has 0 saturated carbocycles. The Bertz CT molecular complexity index is 807. The fourth-order valence-corrected chi connectivity index (χ4v) is 2.51. The molecule has 1 aliphatic rings. The van der Waals surface area contributed by atoms with Crippen molar-refractivity contribution in [1.29, 1.82) is 5.26 Å². The number of nitrogens with zero attached hydrogens (tertiary/aromatic N) is 4. The van der Waals surface area contributed by atoms with Gasteiger partial charge in [0, 0.05) is 25.7 Å². The molecule has 0 amide bonds. The zero-order valence-electron chi connectivity index (χ0n) is 12.5. The first kappa shape index (κ1) is 14.1. The molecule has 6 heteroatoms. The smallest absolute Gasteiger partial charge is 0.352 e. The topological polar surface area (TPSA) is 71.1 Å². The van der Waals surface area contributed by atoms with Gasteiger partial charge in [-0.1, -0.05) is 12.1 Å². The second-order valence-electron chi connectivity index (χ2n) is 5.41. The molecule has 0 fully saturated rings.